The summed E-state index contributed by atoms with van der Waals surface area (Å²) in [6.07, 6.45) is -5.12. The van der Waals surface area contributed by atoms with Crippen molar-refractivity contribution in [2.75, 3.05) is 0 Å². The number of nitrogens with one attached hydrogen (secondary N) is 2. The topological polar surface area (TPSA) is 115 Å². The molecule has 0 bridgehead atoms. The molecule has 0 saturated heterocycles. The highest BCUT2D eigenvalue weighted by molar-refractivity contribution is 5.94. The Balaban J connectivity index is 1.70. The van der Waals surface area contributed by atoms with Crippen molar-refractivity contribution in [1.29, 1.82) is 0 Å². The van der Waals surface area contributed by atoms with Crippen LogP contribution >= 0.6 is 0 Å². The number of aromatic nitrogens is 3. The van der Waals surface area contributed by atoms with Crippen LogP contribution in [0.4, 0.5) is 18.0 Å². The van der Waals surface area contributed by atoms with Crippen LogP contribution in [0.2, 0.25) is 0 Å². The zero-order chi connectivity index (χ0) is 23.5. The first-order valence-electron chi connectivity index (χ1n) is 9.37. The first-order chi connectivity index (χ1) is 15.1. The minimum atomic E-state index is -4.74. The van der Waals surface area contributed by atoms with Gasteiger partial charge in [-0.05, 0) is 17.7 Å². The summed E-state index contributed by atoms with van der Waals surface area (Å²) >= 11 is 0. The molecule has 0 aliphatic rings. The summed E-state index contributed by atoms with van der Waals surface area (Å²) in [7, 11) is 1.17. The predicted molar refractivity (Wildman–Crippen MR) is 108 cm³/mol. The van der Waals surface area contributed by atoms with Gasteiger partial charge in [-0.15, -0.1) is 0 Å². The lowest BCUT2D eigenvalue weighted by Crippen LogP contribution is -2.42. The number of rotatable bonds is 5. The van der Waals surface area contributed by atoms with Crippen molar-refractivity contribution in [1.82, 2.24) is 24.8 Å². The number of hydrogen-bond acceptors (Lipinski definition) is 5. The Kier molecular flexibility index (Phi) is 6.42. The maximum absolute atomic E-state index is 12.9. The van der Waals surface area contributed by atoms with Gasteiger partial charge in [-0.25, -0.2) is 14.6 Å². The van der Waals surface area contributed by atoms with Gasteiger partial charge in [-0.3, -0.25) is 24.0 Å². The molecular weight excluding hydrogens is 431 g/mol. The molecule has 3 rings (SSSR count). The van der Waals surface area contributed by atoms with Crippen molar-refractivity contribution < 1.29 is 22.8 Å². The van der Waals surface area contributed by atoms with E-state index in [0.717, 1.165) is 16.2 Å². The number of fused-ring (bicyclic) bond motifs is 1. The predicted octanol–water partition coefficient (Wildman–Crippen LogP) is 1.53. The standard InChI is InChI=1S/C20H18F3N5O4/c1-27-16-13(7-8-14(25-16)20(21,22)23)17(30)28(19(27)32)10-9-15(29)26-18(31)24-11-12-5-3-2-4-6-12/h2-8H,9-11H2,1H3,(H2,24,26,29,31). The number of amides is 3. The molecule has 12 heteroatoms. The summed E-state index contributed by atoms with van der Waals surface area (Å²) in [6, 6.07) is 9.80. The Morgan fingerprint density at radius 1 is 1.06 bits per heavy atom. The number of urea groups is 1. The zero-order valence-electron chi connectivity index (χ0n) is 16.8. The summed E-state index contributed by atoms with van der Waals surface area (Å²) in [6.45, 7) is -0.183. The maximum Gasteiger partial charge on any atom is 0.433 e. The maximum atomic E-state index is 12.9. The summed E-state index contributed by atoms with van der Waals surface area (Å²) in [5.74, 6) is -0.741. The highest BCUT2D eigenvalue weighted by Gasteiger charge is 2.33. The van der Waals surface area contributed by atoms with E-state index in [1.165, 1.54) is 7.05 Å². The third kappa shape index (κ3) is 5.02. The Hall–Kier alpha value is -3.96. The third-order valence-corrected chi connectivity index (χ3v) is 4.59. The van der Waals surface area contributed by atoms with E-state index in [0.29, 0.717) is 10.6 Å². The van der Waals surface area contributed by atoms with Crippen LogP contribution in [0.3, 0.4) is 0 Å². The van der Waals surface area contributed by atoms with Crippen LogP contribution in [0.15, 0.2) is 52.1 Å². The van der Waals surface area contributed by atoms with E-state index < -0.39 is 40.7 Å². The number of benzene rings is 1. The minimum absolute atomic E-state index is 0.192. The van der Waals surface area contributed by atoms with Crippen molar-refractivity contribution in [2.45, 2.75) is 25.7 Å². The fourth-order valence-electron chi connectivity index (χ4n) is 2.95. The van der Waals surface area contributed by atoms with E-state index in [4.69, 9.17) is 0 Å². The lowest BCUT2D eigenvalue weighted by Gasteiger charge is -2.12. The van der Waals surface area contributed by atoms with Gasteiger partial charge in [0, 0.05) is 26.6 Å². The van der Waals surface area contributed by atoms with Crippen LogP contribution in [0.5, 0.6) is 0 Å². The summed E-state index contributed by atoms with van der Waals surface area (Å²) in [5.41, 5.74) is -2.65. The number of carbonyl (C=O) groups is 2. The highest BCUT2D eigenvalue weighted by atomic mass is 19.4. The molecule has 3 aromatic rings. The number of halogens is 3. The normalized spacial score (nSPS) is 11.4. The van der Waals surface area contributed by atoms with Crippen LogP contribution < -0.4 is 21.9 Å². The molecule has 0 unspecified atom stereocenters. The number of nitrogens with zero attached hydrogens (tertiary/aromatic N) is 3. The van der Waals surface area contributed by atoms with Crippen LogP contribution in [0.1, 0.15) is 17.7 Å². The smallest absolute Gasteiger partial charge is 0.334 e. The molecular formula is C20H18F3N5O4. The summed E-state index contributed by atoms with van der Waals surface area (Å²) < 4.78 is 40.2. The Labute approximate surface area is 178 Å². The minimum Gasteiger partial charge on any atom is -0.334 e. The van der Waals surface area contributed by atoms with E-state index in [9.17, 15) is 32.3 Å². The van der Waals surface area contributed by atoms with Gasteiger partial charge >= 0.3 is 17.9 Å². The van der Waals surface area contributed by atoms with Crippen molar-refractivity contribution in [3.63, 3.8) is 0 Å². The molecule has 32 heavy (non-hydrogen) atoms. The average Bonchev–Trinajstić information content (AvgIpc) is 2.76. The fraction of sp³-hybridized carbons (Fsp3) is 0.250. The molecule has 0 aliphatic carbocycles. The van der Waals surface area contributed by atoms with Gasteiger partial charge in [0.15, 0.2) is 0 Å². The van der Waals surface area contributed by atoms with Gasteiger partial charge < -0.3 is 5.32 Å². The van der Waals surface area contributed by atoms with E-state index in [-0.39, 0.29) is 24.9 Å². The molecule has 2 aromatic heterocycles. The van der Waals surface area contributed by atoms with Crippen molar-refractivity contribution in [2.24, 2.45) is 7.05 Å². The molecule has 0 spiro atoms. The number of carbonyl (C=O) groups excluding carboxylic acids is 2. The fourth-order valence-corrected chi connectivity index (χ4v) is 2.95. The summed E-state index contributed by atoms with van der Waals surface area (Å²) in [5, 5.41) is 4.37. The Morgan fingerprint density at radius 3 is 2.41 bits per heavy atom. The molecule has 0 radical (unpaired) electrons. The second kappa shape index (κ2) is 9.04. The lowest BCUT2D eigenvalue weighted by molar-refractivity contribution is -0.141. The van der Waals surface area contributed by atoms with Crippen LogP contribution in [-0.4, -0.2) is 26.1 Å². The molecule has 0 saturated carbocycles. The van der Waals surface area contributed by atoms with E-state index in [2.05, 4.69) is 15.6 Å². The average molecular weight is 449 g/mol. The molecule has 3 amide bonds. The number of alkyl halides is 3. The molecule has 2 N–H and O–H groups in total. The number of pyridine rings is 1. The SMILES string of the molecule is Cn1c(=O)n(CCC(=O)NC(=O)NCc2ccccc2)c(=O)c2ccc(C(F)(F)F)nc21. The first-order valence-corrected chi connectivity index (χ1v) is 9.37. The molecule has 9 nitrogen and oxygen atoms in total. The quantitative estimate of drug-likeness (QED) is 0.613. The molecule has 1 aromatic carbocycles. The van der Waals surface area contributed by atoms with Crippen LogP contribution in [0.25, 0.3) is 11.0 Å². The van der Waals surface area contributed by atoms with Gasteiger partial charge in [0.05, 0.1) is 5.39 Å². The number of imide groups is 1. The molecule has 0 aliphatic heterocycles. The Morgan fingerprint density at radius 2 is 1.75 bits per heavy atom. The monoisotopic (exact) mass is 449 g/mol. The molecule has 2 heterocycles. The van der Waals surface area contributed by atoms with Gasteiger partial charge in [-0.2, -0.15) is 13.2 Å². The Bertz CT molecular complexity index is 1280. The van der Waals surface area contributed by atoms with Gasteiger partial charge in [0.2, 0.25) is 5.91 Å². The second-order valence-corrected chi connectivity index (χ2v) is 6.83. The van der Waals surface area contributed by atoms with E-state index in [1.807, 2.05) is 6.07 Å². The molecule has 0 fully saturated rings. The number of aryl methyl sites for hydroxylation is 1. The van der Waals surface area contributed by atoms with Gasteiger partial charge in [0.25, 0.3) is 5.56 Å². The first kappa shape index (κ1) is 22.7. The third-order valence-electron chi connectivity index (χ3n) is 4.59. The van der Waals surface area contributed by atoms with Crippen molar-refractivity contribution in [3.05, 3.63) is 74.6 Å². The largest absolute Gasteiger partial charge is 0.433 e. The van der Waals surface area contributed by atoms with Crippen LogP contribution in [0, 0.1) is 0 Å². The van der Waals surface area contributed by atoms with Crippen LogP contribution in [-0.2, 0) is 31.1 Å². The highest BCUT2D eigenvalue weighted by Crippen LogP contribution is 2.28. The summed E-state index contributed by atoms with van der Waals surface area (Å²) in [4.78, 5) is 52.3. The van der Waals surface area contributed by atoms with E-state index in [1.54, 1.807) is 24.3 Å². The van der Waals surface area contributed by atoms with E-state index >= 15 is 0 Å². The number of hydrogen-bond donors (Lipinski definition) is 2. The zero-order valence-corrected chi connectivity index (χ0v) is 16.8. The van der Waals surface area contributed by atoms with Crippen molar-refractivity contribution in [3.8, 4) is 0 Å². The lowest BCUT2D eigenvalue weighted by atomic mass is 10.2. The molecule has 0 atom stereocenters. The van der Waals surface area contributed by atoms with Gasteiger partial charge in [0.1, 0.15) is 11.3 Å². The second-order valence-electron chi connectivity index (χ2n) is 6.83. The van der Waals surface area contributed by atoms with Gasteiger partial charge in [-0.1, -0.05) is 30.3 Å². The molecule has 168 valence electrons. The van der Waals surface area contributed by atoms with Crippen molar-refractivity contribution >= 4 is 23.0 Å².